The molecule has 1 saturated heterocycles. The summed E-state index contributed by atoms with van der Waals surface area (Å²) in [6, 6.07) is 0.436. The zero-order chi connectivity index (χ0) is 15.2. The van der Waals surface area contributed by atoms with E-state index in [-0.39, 0.29) is 5.91 Å². The number of hydrogen-bond acceptors (Lipinski definition) is 5. The zero-order valence-electron chi connectivity index (χ0n) is 13.2. The first-order valence-corrected chi connectivity index (χ1v) is 7.59. The fraction of sp³-hybridized carbons (Fsp3) is 0.667. The number of aromatic nitrogens is 2. The summed E-state index contributed by atoms with van der Waals surface area (Å²) in [7, 11) is 1.86. The summed E-state index contributed by atoms with van der Waals surface area (Å²) in [4.78, 5) is 24.5. The molecule has 1 N–H and O–H groups in total. The maximum absolute atomic E-state index is 12.1. The van der Waals surface area contributed by atoms with Crippen LogP contribution in [0.2, 0.25) is 0 Å². The van der Waals surface area contributed by atoms with Gasteiger partial charge in [0.05, 0.1) is 6.54 Å². The fourth-order valence-corrected chi connectivity index (χ4v) is 2.30. The van der Waals surface area contributed by atoms with E-state index in [0.29, 0.717) is 18.5 Å². The highest BCUT2D eigenvalue weighted by Gasteiger charge is 2.19. The first kappa shape index (κ1) is 15.7. The molecule has 21 heavy (non-hydrogen) atoms. The largest absolute Gasteiger partial charge is 0.341 e. The van der Waals surface area contributed by atoms with Gasteiger partial charge in [0, 0.05) is 50.7 Å². The topological polar surface area (TPSA) is 61.4 Å². The molecule has 0 aromatic carbocycles. The Morgan fingerprint density at radius 1 is 1.33 bits per heavy atom. The molecule has 1 aromatic heterocycles. The molecule has 6 nitrogen and oxygen atoms in total. The van der Waals surface area contributed by atoms with Crippen molar-refractivity contribution in [1.29, 1.82) is 0 Å². The highest BCUT2D eigenvalue weighted by molar-refractivity contribution is 5.81. The Kier molecular flexibility index (Phi) is 5.50. The monoisotopic (exact) mass is 291 g/mol. The molecular formula is C15H25N5O. The van der Waals surface area contributed by atoms with E-state index in [1.165, 1.54) is 0 Å². The van der Waals surface area contributed by atoms with Crippen molar-refractivity contribution in [2.24, 2.45) is 0 Å². The summed E-state index contributed by atoms with van der Waals surface area (Å²) in [5, 5.41) is 3.33. The van der Waals surface area contributed by atoms with Crippen LogP contribution in [0.1, 0.15) is 32.3 Å². The van der Waals surface area contributed by atoms with Crippen LogP contribution in [0.25, 0.3) is 0 Å². The third kappa shape index (κ3) is 4.67. The van der Waals surface area contributed by atoms with E-state index < -0.39 is 0 Å². The molecule has 0 unspecified atom stereocenters. The predicted molar refractivity (Wildman–Crippen MR) is 83.1 cm³/mol. The molecule has 0 saturated carbocycles. The second-order valence-corrected chi connectivity index (χ2v) is 5.87. The lowest BCUT2D eigenvalue weighted by molar-refractivity contribution is -0.128. The van der Waals surface area contributed by atoms with Gasteiger partial charge in [0.15, 0.2) is 0 Å². The molecule has 1 amide bonds. The Hall–Kier alpha value is -1.69. The Labute approximate surface area is 126 Å². The van der Waals surface area contributed by atoms with Crippen LogP contribution < -0.4 is 10.2 Å². The minimum atomic E-state index is 0.157. The van der Waals surface area contributed by atoms with Gasteiger partial charge >= 0.3 is 0 Å². The van der Waals surface area contributed by atoms with Gasteiger partial charge in [-0.15, -0.1) is 0 Å². The molecule has 1 fully saturated rings. The molecule has 116 valence electrons. The van der Waals surface area contributed by atoms with Gasteiger partial charge in [-0.2, -0.15) is 0 Å². The number of nitrogens with one attached hydrogen (secondary N) is 1. The zero-order valence-corrected chi connectivity index (χ0v) is 13.2. The Bertz CT molecular complexity index is 454. The lowest BCUT2D eigenvalue weighted by atomic mass is 10.3. The molecule has 0 bridgehead atoms. The maximum Gasteiger partial charge on any atom is 0.242 e. The molecule has 6 heteroatoms. The van der Waals surface area contributed by atoms with Crippen molar-refractivity contribution in [3.05, 3.63) is 18.0 Å². The van der Waals surface area contributed by atoms with Gasteiger partial charge in [0.2, 0.25) is 11.9 Å². The molecule has 0 radical (unpaired) electrons. The number of anilines is 1. The summed E-state index contributed by atoms with van der Waals surface area (Å²) >= 11 is 0. The van der Waals surface area contributed by atoms with Gasteiger partial charge in [0.25, 0.3) is 0 Å². The van der Waals surface area contributed by atoms with Crippen molar-refractivity contribution in [3.8, 4) is 0 Å². The molecule has 0 aliphatic carbocycles. The average Bonchev–Trinajstić information content (AvgIpc) is 3.00. The van der Waals surface area contributed by atoms with Gasteiger partial charge in [-0.3, -0.25) is 4.79 Å². The highest BCUT2D eigenvalue weighted by atomic mass is 16.2. The second-order valence-electron chi connectivity index (χ2n) is 5.87. The minimum Gasteiger partial charge on any atom is -0.341 e. The summed E-state index contributed by atoms with van der Waals surface area (Å²) in [5.74, 6) is 0.750. The van der Waals surface area contributed by atoms with Crippen molar-refractivity contribution in [1.82, 2.24) is 20.2 Å². The van der Waals surface area contributed by atoms with E-state index in [4.69, 9.17) is 0 Å². The lowest BCUT2D eigenvalue weighted by Crippen LogP contribution is -2.37. The van der Waals surface area contributed by atoms with E-state index in [9.17, 15) is 4.79 Å². The van der Waals surface area contributed by atoms with Crippen molar-refractivity contribution in [2.45, 2.75) is 39.3 Å². The van der Waals surface area contributed by atoms with Crippen LogP contribution in [0.5, 0.6) is 0 Å². The molecule has 1 aliphatic heterocycles. The van der Waals surface area contributed by atoms with Gasteiger partial charge < -0.3 is 15.1 Å². The number of amides is 1. The van der Waals surface area contributed by atoms with Gasteiger partial charge in [-0.25, -0.2) is 9.97 Å². The standard InChI is InChI=1S/C15H25N5O/c1-12(2)16-8-13-9-17-15(18-10-13)19(3)11-14(21)20-6-4-5-7-20/h9-10,12,16H,4-8,11H2,1-3H3. The Morgan fingerprint density at radius 3 is 2.52 bits per heavy atom. The minimum absolute atomic E-state index is 0.157. The summed E-state index contributed by atoms with van der Waals surface area (Å²) in [5.41, 5.74) is 1.05. The Balaban J connectivity index is 1.87. The molecule has 1 aromatic rings. The van der Waals surface area contributed by atoms with Gasteiger partial charge in [-0.1, -0.05) is 13.8 Å². The molecular weight excluding hydrogens is 266 g/mol. The number of nitrogens with zero attached hydrogens (tertiary/aromatic N) is 4. The molecule has 2 rings (SSSR count). The summed E-state index contributed by atoms with van der Waals surface area (Å²) < 4.78 is 0. The first-order valence-electron chi connectivity index (χ1n) is 7.59. The average molecular weight is 291 g/mol. The van der Waals surface area contributed by atoms with Crippen molar-refractivity contribution < 1.29 is 4.79 Å². The SMILES string of the molecule is CC(C)NCc1cnc(N(C)CC(=O)N2CCCC2)nc1. The molecule has 0 atom stereocenters. The predicted octanol–water partition coefficient (Wildman–Crippen LogP) is 1.03. The third-order valence-corrected chi connectivity index (χ3v) is 3.58. The van der Waals surface area contributed by atoms with Crippen molar-refractivity contribution in [3.63, 3.8) is 0 Å². The van der Waals surface area contributed by atoms with Crippen LogP contribution in [-0.2, 0) is 11.3 Å². The summed E-state index contributed by atoms with van der Waals surface area (Å²) in [6.45, 7) is 7.07. The van der Waals surface area contributed by atoms with E-state index in [2.05, 4.69) is 29.1 Å². The number of carbonyl (C=O) groups is 1. The molecule has 0 spiro atoms. The van der Waals surface area contributed by atoms with Crippen LogP contribution in [-0.4, -0.2) is 53.5 Å². The van der Waals surface area contributed by atoms with E-state index in [1.54, 1.807) is 4.90 Å². The van der Waals surface area contributed by atoms with E-state index >= 15 is 0 Å². The molecule has 1 aliphatic rings. The second kappa shape index (κ2) is 7.36. The van der Waals surface area contributed by atoms with Crippen LogP contribution >= 0.6 is 0 Å². The normalized spacial score (nSPS) is 14.8. The van der Waals surface area contributed by atoms with Crippen LogP contribution in [0.15, 0.2) is 12.4 Å². The fourth-order valence-electron chi connectivity index (χ4n) is 2.30. The molecule has 2 heterocycles. The van der Waals surface area contributed by atoms with Crippen LogP contribution in [0, 0.1) is 0 Å². The Morgan fingerprint density at radius 2 is 1.95 bits per heavy atom. The number of carbonyl (C=O) groups excluding carboxylic acids is 1. The third-order valence-electron chi connectivity index (χ3n) is 3.58. The van der Waals surface area contributed by atoms with Crippen LogP contribution in [0.3, 0.4) is 0 Å². The first-order chi connectivity index (χ1) is 10.1. The van der Waals surface area contributed by atoms with E-state index in [0.717, 1.165) is 38.0 Å². The van der Waals surface area contributed by atoms with Crippen molar-refractivity contribution >= 4 is 11.9 Å². The number of likely N-dealkylation sites (N-methyl/N-ethyl adjacent to an activating group) is 1. The van der Waals surface area contributed by atoms with Gasteiger partial charge in [-0.05, 0) is 12.8 Å². The van der Waals surface area contributed by atoms with Crippen LogP contribution in [0.4, 0.5) is 5.95 Å². The van der Waals surface area contributed by atoms with Crippen molar-refractivity contribution in [2.75, 3.05) is 31.6 Å². The summed E-state index contributed by atoms with van der Waals surface area (Å²) in [6.07, 6.45) is 5.86. The number of hydrogen-bond donors (Lipinski definition) is 1. The lowest BCUT2D eigenvalue weighted by Gasteiger charge is -2.21. The number of likely N-dealkylation sites (tertiary alicyclic amines) is 1. The smallest absolute Gasteiger partial charge is 0.242 e. The quantitative estimate of drug-likeness (QED) is 0.848. The highest BCUT2D eigenvalue weighted by Crippen LogP contribution is 2.10. The maximum atomic E-state index is 12.1. The number of rotatable bonds is 6. The van der Waals surface area contributed by atoms with E-state index in [1.807, 2.05) is 24.3 Å². The van der Waals surface area contributed by atoms with Gasteiger partial charge in [0.1, 0.15) is 0 Å².